The van der Waals surface area contributed by atoms with Crippen LogP contribution >= 0.6 is 0 Å². The van der Waals surface area contributed by atoms with Gasteiger partial charge in [0.05, 0.1) is 24.2 Å². The van der Waals surface area contributed by atoms with Crippen LogP contribution in [0.2, 0.25) is 0 Å². The van der Waals surface area contributed by atoms with E-state index in [1.165, 1.54) is 42.0 Å². The Hall–Kier alpha value is -3.56. The van der Waals surface area contributed by atoms with Crippen molar-refractivity contribution in [2.45, 2.75) is 43.9 Å². The topological polar surface area (TPSA) is 88.2 Å². The molecule has 0 unspecified atom stereocenters. The van der Waals surface area contributed by atoms with E-state index in [4.69, 9.17) is 9.47 Å². The van der Waals surface area contributed by atoms with Gasteiger partial charge in [-0.1, -0.05) is 30.3 Å². The predicted molar refractivity (Wildman–Crippen MR) is 146 cm³/mol. The average molecular weight is 536 g/mol. The van der Waals surface area contributed by atoms with Crippen molar-refractivity contribution >= 4 is 21.6 Å². The summed E-state index contributed by atoms with van der Waals surface area (Å²) in [7, 11) is -2.42. The van der Waals surface area contributed by atoms with Gasteiger partial charge in [0, 0.05) is 13.1 Å². The van der Waals surface area contributed by atoms with Gasteiger partial charge in [-0.3, -0.25) is 14.0 Å². The fourth-order valence-electron chi connectivity index (χ4n) is 4.86. The molecule has 1 amide bonds. The maximum atomic E-state index is 13.6. The van der Waals surface area contributed by atoms with Crippen LogP contribution in [0, 0.1) is 6.92 Å². The molecule has 2 heterocycles. The number of benzene rings is 3. The number of hydrogen-bond acceptors (Lipinski definition) is 6. The molecular formula is C29H33N3O5S. The number of aryl methyl sites for hydroxylation is 1. The van der Waals surface area contributed by atoms with E-state index in [0.29, 0.717) is 23.7 Å². The Labute approximate surface area is 224 Å². The minimum absolute atomic E-state index is 0.111. The Morgan fingerprint density at radius 1 is 1.00 bits per heavy atom. The lowest BCUT2D eigenvalue weighted by atomic mass is 10.1. The summed E-state index contributed by atoms with van der Waals surface area (Å²) in [4.78, 5) is 15.7. The van der Waals surface area contributed by atoms with Gasteiger partial charge in [-0.2, -0.15) is 0 Å². The van der Waals surface area contributed by atoms with Crippen LogP contribution in [0.5, 0.6) is 11.5 Å². The Kier molecular flexibility index (Phi) is 7.58. The summed E-state index contributed by atoms with van der Waals surface area (Å²) in [6, 6.07) is 19.7. The lowest BCUT2D eigenvalue weighted by molar-refractivity contribution is -0.127. The summed E-state index contributed by atoms with van der Waals surface area (Å²) in [6.45, 7) is 5.32. The second-order valence-corrected chi connectivity index (χ2v) is 11.7. The number of fused-ring (bicyclic) bond motifs is 1. The van der Waals surface area contributed by atoms with Gasteiger partial charge in [0.2, 0.25) is 0 Å². The highest BCUT2D eigenvalue weighted by molar-refractivity contribution is 7.92. The van der Waals surface area contributed by atoms with Gasteiger partial charge in [-0.15, -0.1) is 0 Å². The number of nitrogens with zero attached hydrogens (tertiary/aromatic N) is 2. The van der Waals surface area contributed by atoms with Gasteiger partial charge in [-0.05, 0) is 85.9 Å². The van der Waals surface area contributed by atoms with Gasteiger partial charge in [-0.25, -0.2) is 8.42 Å². The predicted octanol–water partition coefficient (Wildman–Crippen LogP) is 3.87. The number of methoxy groups -OCH3 is 1. The summed E-state index contributed by atoms with van der Waals surface area (Å²) in [5.74, 6) is 0.552. The number of amides is 1. The van der Waals surface area contributed by atoms with E-state index in [1.54, 1.807) is 24.3 Å². The molecule has 0 radical (unpaired) electrons. The Morgan fingerprint density at radius 3 is 2.37 bits per heavy atom. The zero-order chi connectivity index (χ0) is 26.7. The molecule has 1 fully saturated rings. The summed E-state index contributed by atoms with van der Waals surface area (Å²) >= 11 is 0. The lowest BCUT2D eigenvalue weighted by Crippen LogP contribution is -2.50. The number of carbonyl (C=O) groups excluding carboxylic acids is 1. The van der Waals surface area contributed by atoms with Crippen molar-refractivity contribution in [3.63, 3.8) is 0 Å². The molecule has 1 atom stereocenters. The van der Waals surface area contributed by atoms with Crippen molar-refractivity contribution < 1.29 is 22.7 Å². The normalized spacial score (nSPS) is 17.5. The summed E-state index contributed by atoms with van der Waals surface area (Å²) in [5, 5.41) is 2.92. The number of hydrogen-bond donors (Lipinski definition) is 1. The highest BCUT2D eigenvalue weighted by Crippen LogP contribution is 2.38. The van der Waals surface area contributed by atoms with Crippen LogP contribution in [0.4, 0.5) is 5.69 Å². The first-order valence-corrected chi connectivity index (χ1v) is 14.3. The van der Waals surface area contributed by atoms with Crippen LogP contribution < -0.4 is 19.1 Å². The quantitative estimate of drug-likeness (QED) is 0.471. The van der Waals surface area contributed by atoms with E-state index < -0.39 is 16.1 Å². The van der Waals surface area contributed by atoms with E-state index in [2.05, 4.69) is 22.3 Å². The molecule has 0 aliphatic carbocycles. The maximum absolute atomic E-state index is 13.6. The van der Waals surface area contributed by atoms with Gasteiger partial charge in [0.25, 0.3) is 15.9 Å². The Morgan fingerprint density at radius 2 is 1.68 bits per heavy atom. The van der Waals surface area contributed by atoms with Crippen LogP contribution in [0.1, 0.15) is 29.5 Å². The first-order chi connectivity index (χ1) is 18.3. The molecule has 200 valence electrons. The Balaban J connectivity index is 1.30. The van der Waals surface area contributed by atoms with Crippen molar-refractivity contribution in [1.82, 2.24) is 10.2 Å². The molecule has 8 nitrogen and oxygen atoms in total. The molecule has 2 aliphatic rings. The smallest absolute Gasteiger partial charge is 0.264 e. The maximum Gasteiger partial charge on any atom is 0.264 e. The van der Waals surface area contributed by atoms with Crippen molar-refractivity contribution in [2.75, 3.05) is 31.0 Å². The van der Waals surface area contributed by atoms with Gasteiger partial charge in [0.1, 0.15) is 11.5 Å². The van der Waals surface area contributed by atoms with Gasteiger partial charge in [0.15, 0.2) is 6.10 Å². The number of likely N-dealkylation sites (tertiary alicyclic amines) is 1. The standard InChI is InChI=1S/C29H33N3O5S/c1-21-5-14-26-27(17-21)37-28(20-32(26)38(34,35)25-12-10-24(36-2)11-13-25)29(33)30-18-22-6-8-23(9-7-22)19-31-15-3-4-16-31/h5-14,17,28H,3-4,15-16,18-20H2,1-2H3,(H,30,33)/t28-/m0/s1. The van der Waals surface area contributed by atoms with Crippen molar-refractivity contribution in [3.05, 3.63) is 83.4 Å². The zero-order valence-corrected chi connectivity index (χ0v) is 22.5. The molecule has 2 aliphatic heterocycles. The van der Waals surface area contributed by atoms with Crippen molar-refractivity contribution in [2.24, 2.45) is 0 Å². The molecule has 0 aromatic heterocycles. The van der Waals surface area contributed by atoms with Gasteiger partial charge < -0.3 is 14.8 Å². The van der Waals surface area contributed by atoms with E-state index in [-0.39, 0.29) is 17.3 Å². The minimum atomic E-state index is -3.95. The molecule has 3 aromatic carbocycles. The number of anilines is 1. The summed E-state index contributed by atoms with van der Waals surface area (Å²) in [5.41, 5.74) is 3.53. The number of carbonyl (C=O) groups is 1. The first-order valence-electron chi connectivity index (χ1n) is 12.9. The second kappa shape index (κ2) is 11.0. The SMILES string of the molecule is COc1ccc(S(=O)(=O)N2C[C@@H](C(=O)NCc3ccc(CN4CCCC4)cc3)Oc3cc(C)ccc32)cc1. The monoisotopic (exact) mass is 535 g/mol. The molecule has 38 heavy (non-hydrogen) atoms. The third-order valence-corrected chi connectivity index (χ3v) is 8.81. The van der Waals surface area contributed by atoms with E-state index >= 15 is 0 Å². The highest BCUT2D eigenvalue weighted by atomic mass is 32.2. The third-order valence-electron chi connectivity index (χ3n) is 7.02. The van der Waals surface area contributed by atoms with Crippen LogP contribution in [0.15, 0.2) is 71.6 Å². The minimum Gasteiger partial charge on any atom is -0.497 e. The molecule has 0 bridgehead atoms. The molecule has 1 N–H and O–H groups in total. The number of sulfonamides is 1. The van der Waals surface area contributed by atoms with Crippen LogP contribution in [0.3, 0.4) is 0 Å². The molecule has 3 aromatic rings. The Bertz CT molecular complexity index is 1380. The molecule has 1 saturated heterocycles. The largest absolute Gasteiger partial charge is 0.497 e. The number of rotatable bonds is 8. The summed E-state index contributed by atoms with van der Waals surface area (Å²) < 4.78 is 39.7. The first kappa shape index (κ1) is 26.1. The van der Waals surface area contributed by atoms with Crippen LogP contribution in [-0.2, 0) is 27.9 Å². The molecule has 0 saturated carbocycles. The van der Waals surface area contributed by atoms with Crippen LogP contribution in [0.25, 0.3) is 0 Å². The molecule has 9 heteroatoms. The highest BCUT2D eigenvalue weighted by Gasteiger charge is 2.37. The number of nitrogens with one attached hydrogen (secondary N) is 1. The lowest BCUT2D eigenvalue weighted by Gasteiger charge is -2.35. The van der Waals surface area contributed by atoms with E-state index in [1.807, 2.05) is 25.1 Å². The fourth-order valence-corrected chi connectivity index (χ4v) is 6.34. The molecule has 0 spiro atoms. The zero-order valence-electron chi connectivity index (χ0n) is 21.7. The van der Waals surface area contributed by atoms with Crippen molar-refractivity contribution in [1.29, 1.82) is 0 Å². The number of ether oxygens (including phenoxy) is 2. The average Bonchev–Trinajstić information content (AvgIpc) is 3.44. The van der Waals surface area contributed by atoms with Crippen LogP contribution in [-0.4, -0.2) is 52.1 Å². The third kappa shape index (κ3) is 5.63. The molecular weight excluding hydrogens is 502 g/mol. The van der Waals surface area contributed by atoms with Gasteiger partial charge >= 0.3 is 0 Å². The van der Waals surface area contributed by atoms with Crippen molar-refractivity contribution in [3.8, 4) is 11.5 Å². The second-order valence-electron chi connectivity index (χ2n) is 9.81. The van der Waals surface area contributed by atoms with E-state index in [9.17, 15) is 13.2 Å². The molecule has 5 rings (SSSR count). The fraction of sp³-hybridized carbons (Fsp3) is 0.345. The summed E-state index contributed by atoms with van der Waals surface area (Å²) in [6.07, 6.45) is 1.53. The van der Waals surface area contributed by atoms with E-state index in [0.717, 1.165) is 30.8 Å².